The molecule has 3 rings (SSSR count). The van der Waals surface area contributed by atoms with Gasteiger partial charge in [-0.15, -0.1) is 0 Å². The Balaban J connectivity index is 1.71. The molecule has 0 amide bonds. The third-order valence-corrected chi connectivity index (χ3v) is 4.59. The average molecular weight is 245 g/mol. The van der Waals surface area contributed by atoms with Gasteiger partial charge in [0.15, 0.2) is 0 Å². The summed E-state index contributed by atoms with van der Waals surface area (Å²) in [6.07, 6.45) is 10.3. The van der Waals surface area contributed by atoms with Crippen LogP contribution in [0.4, 0.5) is 5.82 Å². The molecule has 0 unspecified atom stereocenters. The first kappa shape index (κ1) is 12.0. The minimum Gasteiger partial charge on any atom is -0.384 e. The second kappa shape index (κ2) is 5.27. The molecule has 2 aliphatic rings. The lowest BCUT2D eigenvalue weighted by molar-refractivity contribution is 0.0547. The zero-order valence-corrected chi connectivity index (χ0v) is 11.0. The zero-order chi connectivity index (χ0) is 12.4. The largest absolute Gasteiger partial charge is 0.384 e. The minimum absolute atomic E-state index is 0.643. The Kier molecular flexibility index (Phi) is 3.50. The molecule has 0 spiro atoms. The van der Waals surface area contributed by atoms with Crippen LogP contribution in [0.2, 0.25) is 0 Å². The van der Waals surface area contributed by atoms with E-state index >= 15 is 0 Å². The lowest BCUT2D eigenvalue weighted by Crippen LogP contribution is -2.46. The quantitative estimate of drug-likeness (QED) is 0.871. The normalized spacial score (nSPS) is 28.9. The molecule has 2 atom stereocenters. The van der Waals surface area contributed by atoms with E-state index in [4.69, 9.17) is 5.73 Å². The fourth-order valence-electron chi connectivity index (χ4n) is 3.75. The summed E-state index contributed by atoms with van der Waals surface area (Å²) in [4.78, 5) is 6.76. The van der Waals surface area contributed by atoms with Crippen molar-refractivity contribution in [2.24, 2.45) is 5.92 Å². The van der Waals surface area contributed by atoms with Crippen LogP contribution in [0.1, 0.15) is 44.1 Å². The maximum Gasteiger partial charge on any atom is 0.123 e. The fourth-order valence-corrected chi connectivity index (χ4v) is 3.75. The Morgan fingerprint density at radius 2 is 2.06 bits per heavy atom. The van der Waals surface area contributed by atoms with Crippen LogP contribution in [-0.2, 0) is 6.54 Å². The van der Waals surface area contributed by atoms with Crippen molar-refractivity contribution in [1.82, 2.24) is 9.88 Å². The van der Waals surface area contributed by atoms with Crippen LogP contribution in [0.5, 0.6) is 0 Å². The van der Waals surface area contributed by atoms with Crippen molar-refractivity contribution in [3.63, 3.8) is 0 Å². The molecule has 1 saturated carbocycles. The highest BCUT2D eigenvalue weighted by Gasteiger charge is 2.32. The Labute approximate surface area is 109 Å². The van der Waals surface area contributed by atoms with Gasteiger partial charge in [-0.3, -0.25) is 4.90 Å². The molecule has 1 aliphatic carbocycles. The van der Waals surface area contributed by atoms with Crippen molar-refractivity contribution < 1.29 is 0 Å². The Bertz CT molecular complexity index is 402. The van der Waals surface area contributed by atoms with Gasteiger partial charge in [0.1, 0.15) is 5.82 Å². The van der Waals surface area contributed by atoms with Gasteiger partial charge in [0.2, 0.25) is 0 Å². The fraction of sp³-hybridized carbons (Fsp3) is 0.667. The number of likely N-dealkylation sites (tertiary alicyclic amines) is 1. The van der Waals surface area contributed by atoms with E-state index in [1.54, 1.807) is 0 Å². The number of nitrogen functional groups attached to an aromatic ring is 1. The van der Waals surface area contributed by atoms with Crippen molar-refractivity contribution >= 4 is 5.82 Å². The predicted octanol–water partition coefficient (Wildman–Crippen LogP) is 2.82. The van der Waals surface area contributed by atoms with E-state index in [9.17, 15) is 0 Å². The van der Waals surface area contributed by atoms with Gasteiger partial charge in [-0.05, 0) is 55.8 Å². The molecule has 2 N–H and O–H groups in total. The maximum absolute atomic E-state index is 5.77. The van der Waals surface area contributed by atoms with Gasteiger partial charge >= 0.3 is 0 Å². The molecule has 1 aromatic heterocycles. The number of anilines is 1. The number of hydrogen-bond donors (Lipinski definition) is 1. The van der Waals surface area contributed by atoms with E-state index in [-0.39, 0.29) is 0 Å². The highest BCUT2D eigenvalue weighted by molar-refractivity contribution is 5.31. The number of hydrogen-bond acceptors (Lipinski definition) is 3. The number of rotatable bonds is 2. The molecule has 1 aliphatic heterocycles. The highest BCUT2D eigenvalue weighted by atomic mass is 15.2. The molecular weight excluding hydrogens is 222 g/mol. The third kappa shape index (κ3) is 2.51. The van der Waals surface area contributed by atoms with Gasteiger partial charge in [0, 0.05) is 18.8 Å². The minimum atomic E-state index is 0.643. The summed E-state index contributed by atoms with van der Waals surface area (Å²) in [5, 5.41) is 0. The van der Waals surface area contributed by atoms with Crippen LogP contribution in [0.3, 0.4) is 0 Å². The molecule has 2 fully saturated rings. The molecule has 0 radical (unpaired) electrons. The first-order chi connectivity index (χ1) is 8.83. The second-order valence-corrected chi connectivity index (χ2v) is 5.81. The Morgan fingerprint density at radius 1 is 1.22 bits per heavy atom. The van der Waals surface area contributed by atoms with Crippen molar-refractivity contribution in [1.29, 1.82) is 0 Å². The summed E-state index contributed by atoms with van der Waals surface area (Å²) in [7, 11) is 0. The topological polar surface area (TPSA) is 42.1 Å². The van der Waals surface area contributed by atoms with Crippen molar-refractivity contribution in [3.05, 3.63) is 23.9 Å². The van der Waals surface area contributed by atoms with Crippen LogP contribution < -0.4 is 5.73 Å². The van der Waals surface area contributed by atoms with Crippen LogP contribution >= 0.6 is 0 Å². The number of piperidine rings is 1. The van der Waals surface area contributed by atoms with Crippen molar-refractivity contribution in [2.75, 3.05) is 12.3 Å². The Hall–Kier alpha value is -1.09. The van der Waals surface area contributed by atoms with Gasteiger partial charge in [-0.1, -0.05) is 12.8 Å². The molecule has 18 heavy (non-hydrogen) atoms. The molecule has 2 heterocycles. The van der Waals surface area contributed by atoms with Gasteiger partial charge in [-0.2, -0.15) is 0 Å². The summed E-state index contributed by atoms with van der Waals surface area (Å²) in [6, 6.07) is 4.94. The van der Waals surface area contributed by atoms with Crippen LogP contribution in [0.15, 0.2) is 18.3 Å². The lowest BCUT2D eigenvalue weighted by atomic mass is 9.78. The van der Waals surface area contributed by atoms with E-state index in [2.05, 4.69) is 16.0 Å². The molecule has 0 aromatic carbocycles. The first-order valence-electron chi connectivity index (χ1n) is 7.27. The zero-order valence-electron chi connectivity index (χ0n) is 11.0. The van der Waals surface area contributed by atoms with Gasteiger partial charge in [-0.25, -0.2) is 4.98 Å². The summed E-state index contributed by atoms with van der Waals surface area (Å²) in [5.41, 5.74) is 7.08. The number of pyridine rings is 1. The summed E-state index contributed by atoms with van der Waals surface area (Å²) >= 11 is 0. The molecule has 1 saturated heterocycles. The van der Waals surface area contributed by atoms with E-state index in [0.717, 1.165) is 18.5 Å². The van der Waals surface area contributed by atoms with Gasteiger partial charge in [0.05, 0.1) is 0 Å². The van der Waals surface area contributed by atoms with Crippen LogP contribution in [0.25, 0.3) is 0 Å². The lowest BCUT2D eigenvalue weighted by Gasteiger charge is -2.44. The maximum atomic E-state index is 5.77. The molecule has 0 bridgehead atoms. The smallest absolute Gasteiger partial charge is 0.123 e. The van der Waals surface area contributed by atoms with Gasteiger partial charge in [0.25, 0.3) is 0 Å². The summed E-state index contributed by atoms with van der Waals surface area (Å²) in [6.45, 7) is 2.30. The highest BCUT2D eigenvalue weighted by Crippen LogP contribution is 2.35. The van der Waals surface area contributed by atoms with E-state index in [0.29, 0.717) is 5.82 Å². The third-order valence-electron chi connectivity index (χ3n) is 4.59. The molecule has 3 heteroatoms. The van der Waals surface area contributed by atoms with Gasteiger partial charge < -0.3 is 5.73 Å². The number of nitrogens with zero attached hydrogens (tertiary/aromatic N) is 2. The van der Waals surface area contributed by atoms with E-state index in [1.165, 1.54) is 50.6 Å². The first-order valence-corrected chi connectivity index (χ1v) is 7.27. The summed E-state index contributed by atoms with van der Waals surface area (Å²) in [5.74, 6) is 1.59. The number of nitrogens with two attached hydrogens (primary N) is 1. The molecule has 98 valence electrons. The van der Waals surface area contributed by atoms with E-state index < -0.39 is 0 Å². The second-order valence-electron chi connectivity index (χ2n) is 5.81. The SMILES string of the molecule is Nc1cc(CN2CCC[C@H]3CCCC[C@H]32)ccn1. The van der Waals surface area contributed by atoms with E-state index in [1.807, 2.05) is 12.3 Å². The Morgan fingerprint density at radius 3 is 2.94 bits per heavy atom. The average Bonchev–Trinajstić information content (AvgIpc) is 2.39. The van der Waals surface area contributed by atoms with Crippen molar-refractivity contribution in [2.45, 2.75) is 51.1 Å². The number of fused-ring (bicyclic) bond motifs is 1. The van der Waals surface area contributed by atoms with Crippen molar-refractivity contribution in [3.8, 4) is 0 Å². The van der Waals surface area contributed by atoms with Crippen LogP contribution in [-0.4, -0.2) is 22.5 Å². The van der Waals surface area contributed by atoms with Crippen LogP contribution in [0, 0.1) is 5.92 Å². The summed E-state index contributed by atoms with van der Waals surface area (Å²) < 4.78 is 0. The standard InChI is InChI=1S/C15H23N3/c16-15-10-12(7-8-17-15)11-18-9-3-5-13-4-1-2-6-14(13)18/h7-8,10,13-14H,1-6,9,11H2,(H2,16,17)/t13-,14-/m1/s1. The monoisotopic (exact) mass is 245 g/mol. The molecule has 3 nitrogen and oxygen atoms in total. The molecular formula is C15H23N3. The number of aromatic nitrogens is 1. The molecule has 1 aromatic rings. The predicted molar refractivity (Wildman–Crippen MR) is 74.0 cm³/mol.